The van der Waals surface area contributed by atoms with Crippen LogP contribution in [-0.4, -0.2) is 22.5 Å². The molecular formula is C18H18BrN3O4S. The van der Waals surface area contributed by atoms with Gasteiger partial charge < -0.3 is 10.1 Å². The molecule has 142 valence electrons. The van der Waals surface area contributed by atoms with Crippen molar-refractivity contribution in [2.24, 2.45) is 5.92 Å². The molecule has 0 saturated heterocycles. The number of carbonyl (C=O) groups is 1. The lowest BCUT2D eigenvalue weighted by atomic mass is 10.2. The molecule has 0 aliphatic rings. The molecule has 0 aliphatic carbocycles. The van der Waals surface area contributed by atoms with Gasteiger partial charge in [0.2, 0.25) is 0 Å². The van der Waals surface area contributed by atoms with E-state index in [0.717, 1.165) is 0 Å². The van der Waals surface area contributed by atoms with Gasteiger partial charge in [-0.05, 0) is 52.3 Å². The standard InChI is InChI=1S/C18H18BrN3O4S/c1-11(2)10-26-16-6-4-3-5-13(16)17(23)21-18(27)20-15-8-7-12(22(24)25)9-14(15)19/h3-9,11H,10H2,1-2H3,(H2,20,21,23,27). The van der Waals surface area contributed by atoms with E-state index in [4.69, 9.17) is 17.0 Å². The maximum absolute atomic E-state index is 12.5. The topological polar surface area (TPSA) is 93.5 Å². The van der Waals surface area contributed by atoms with Crippen LogP contribution in [0.3, 0.4) is 0 Å². The summed E-state index contributed by atoms with van der Waals surface area (Å²) in [6, 6.07) is 11.1. The molecule has 7 nitrogen and oxygen atoms in total. The van der Waals surface area contributed by atoms with Crippen LogP contribution in [0.5, 0.6) is 5.75 Å². The summed E-state index contributed by atoms with van der Waals surface area (Å²) in [5.74, 6) is 0.385. The molecule has 0 spiro atoms. The zero-order valence-corrected chi connectivity index (χ0v) is 17.1. The number of para-hydroxylation sites is 1. The number of nitro benzene ring substituents is 1. The molecule has 2 aromatic carbocycles. The molecule has 0 bridgehead atoms. The average Bonchev–Trinajstić information content (AvgIpc) is 2.61. The summed E-state index contributed by atoms with van der Waals surface area (Å²) < 4.78 is 6.13. The Morgan fingerprint density at radius 3 is 2.63 bits per heavy atom. The minimum Gasteiger partial charge on any atom is -0.492 e. The quantitative estimate of drug-likeness (QED) is 0.380. The number of halogens is 1. The second kappa shape index (κ2) is 9.43. The van der Waals surface area contributed by atoms with Gasteiger partial charge in [-0.15, -0.1) is 0 Å². The van der Waals surface area contributed by atoms with Gasteiger partial charge in [-0.3, -0.25) is 20.2 Å². The van der Waals surface area contributed by atoms with Crippen LogP contribution in [-0.2, 0) is 0 Å². The van der Waals surface area contributed by atoms with Gasteiger partial charge in [0.15, 0.2) is 5.11 Å². The molecule has 0 heterocycles. The average molecular weight is 452 g/mol. The summed E-state index contributed by atoms with van der Waals surface area (Å²) in [6.07, 6.45) is 0. The molecule has 2 aromatic rings. The van der Waals surface area contributed by atoms with E-state index in [1.165, 1.54) is 18.2 Å². The molecule has 0 saturated carbocycles. The first-order valence-corrected chi connectivity index (χ1v) is 9.26. The largest absolute Gasteiger partial charge is 0.492 e. The van der Waals surface area contributed by atoms with Crippen molar-refractivity contribution in [2.75, 3.05) is 11.9 Å². The fourth-order valence-corrected chi connectivity index (χ4v) is 2.75. The summed E-state index contributed by atoms with van der Waals surface area (Å²) in [5, 5.41) is 16.3. The van der Waals surface area contributed by atoms with Crippen LogP contribution in [0, 0.1) is 16.0 Å². The second-order valence-corrected chi connectivity index (χ2v) is 7.29. The molecule has 27 heavy (non-hydrogen) atoms. The molecule has 0 atom stereocenters. The number of nitro groups is 1. The van der Waals surface area contributed by atoms with Gasteiger partial charge in [-0.2, -0.15) is 0 Å². The zero-order valence-electron chi connectivity index (χ0n) is 14.7. The SMILES string of the molecule is CC(C)COc1ccccc1C(=O)NC(=S)Nc1ccc([N+](=O)[O-])cc1Br. The number of nitrogens with one attached hydrogen (secondary N) is 2. The van der Waals surface area contributed by atoms with E-state index in [1.54, 1.807) is 24.3 Å². The van der Waals surface area contributed by atoms with Crippen molar-refractivity contribution in [3.63, 3.8) is 0 Å². The Hall–Kier alpha value is -2.52. The van der Waals surface area contributed by atoms with Crippen molar-refractivity contribution in [1.29, 1.82) is 0 Å². The predicted octanol–water partition coefficient (Wildman–Crippen LogP) is 4.52. The molecule has 0 radical (unpaired) electrons. The highest BCUT2D eigenvalue weighted by Crippen LogP contribution is 2.27. The number of benzene rings is 2. The fraction of sp³-hybridized carbons (Fsp3) is 0.222. The molecule has 9 heteroatoms. The summed E-state index contributed by atoms with van der Waals surface area (Å²) in [4.78, 5) is 22.8. The minimum atomic E-state index is -0.497. The number of thiocarbonyl (C=S) groups is 1. The number of carbonyl (C=O) groups excluding carboxylic acids is 1. The van der Waals surface area contributed by atoms with Crippen molar-refractivity contribution < 1.29 is 14.5 Å². The summed E-state index contributed by atoms with van der Waals surface area (Å²) in [5.41, 5.74) is 0.805. The molecule has 0 unspecified atom stereocenters. The number of hydrogen-bond acceptors (Lipinski definition) is 5. The van der Waals surface area contributed by atoms with E-state index >= 15 is 0 Å². The van der Waals surface area contributed by atoms with Gasteiger partial charge in [-0.25, -0.2) is 0 Å². The second-order valence-electron chi connectivity index (χ2n) is 6.03. The van der Waals surface area contributed by atoms with Crippen LogP contribution in [0.4, 0.5) is 11.4 Å². The van der Waals surface area contributed by atoms with Gasteiger partial charge in [0.05, 0.1) is 22.8 Å². The Balaban J connectivity index is 2.06. The Bertz CT molecular complexity index is 873. The number of rotatable bonds is 6. The van der Waals surface area contributed by atoms with Crippen molar-refractivity contribution in [2.45, 2.75) is 13.8 Å². The maximum atomic E-state index is 12.5. The third kappa shape index (κ3) is 6.00. The lowest BCUT2D eigenvalue weighted by Gasteiger charge is -2.14. The first-order chi connectivity index (χ1) is 12.8. The van der Waals surface area contributed by atoms with Crippen LogP contribution in [0.15, 0.2) is 46.9 Å². The smallest absolute Gasteiger partial charge is 0.270 e. The highest BCUT2D eigenvalue weighted by molar-refractivity contribution is 9.10. The third-order valence-electron chi connectivity index (χ3n) is 3.34. The van der Waals surface area contributed by atoms with E-state index in [0.29, 0.717) is 34.0 Å². The number of non-ortho nitro benzene ring substituents is 1. The highest BCUT2D eigenvalue weighted by atomic mass is 79.9. The predicted molar refractivity (Wildman–Crippen MR) is 111 cm³/mol. The first-order valence-electron chi connectivity index (χ1n) is 8.06. The number of anilines is 1. The van der Waals surface area contributed by atoms with Gasteiger partial charge >= 0.3 is 0 Å². The van der Waals surface area contributed by atoms with Crippen molar-refractivity contribution in [3.05, 3.63) is 62.6 Å². The van der Waals surface area contributed by atoms with E-state index in [2.05, 4.69) is 26.6 Å². The first kappa shape index (κ1) is 20.8. The Labute approximate surface area is 170 Å². The monoisotopic (exact) mass is 451 g/mol. The summed E-state index contributed by atoms with van der Waals surface area (Å²) in [7, 11) is 0. The molecule has 0 aliphatic heterocycles. The molecule has 1 amide bonds. The van der Waals surface area contributed by atoms with E-state index in [-0.39, 0.29) is 10.8 Å². The van der Waals surface area contributed by atoms with Crippen LogP contribution in [0.25, 0.3) is 0 Å². The van der Waals surface area contributed by atoms with Gasteiger partial charge in [0.25, 0.3) is 11.6 Å². The van der Waals surface area contributed by atoms with Crippen molar-refractivity contribution in [1.82, 2.24) is 5.32 Å². The van der Waals surface area contributed by atoms with E-state index < -0.39 is 10.8 Å². The molecular weight excluding hydrogens is 434 g/mol. The van der Waals surface area contributed by atoms with Crippen LogP contribution in [0.1, 0.15) is 24.2 Å². The van der Waals surface area contributed by atoms with E-state index in [1.807, 2.05) is 13.8 Å². The molecule has 0 aromatic heterocycles. The number of amides is 1. The van der Waals surface area contributed by atoms with Crippen LogP contribution >= 0.6 is 28.1 Å². The van der Waals surface area contributed by atoms with Gasteiger partial charge in [-0.1, -0.05) is 26.0 Å². The van der Waals surface area contributed by atoms with Gasteiger partial charge in [0.1, 0.15) is 5.75 Å². The van der Waals surface area contributed by atoms with Crippen molar-refractivity contribution >= 4 is 50.5 Å². The van der Waals surface area contributed by atoms with E-state index in [9.17, 15) is 14.9 Å². The lowest BCUT2D eigenvalue weighted by Crippen LogP contribution is -2.34. The minimum absolute atomic E-state index is 0.0568. The third-order valence-corrected chi connectivity index (χ3v) is 4.20. The van der Waals surface area contributed by atoms with Crippen LogP contribution in [0.2, 0.25) is 0 Å². The molecule has 2 N–H and O–H groups in total. The Morgan fingerprint density at radius 1 is 1.30 bits per heavy atom. The Kier molecular flexibility index (Phi) is 7.26. The fourth-order valence-electron chi connectivity index (χ4n) is 2.08. The van der Waals surface area contributed by atoms with Crippen LogP contribution < -0.4 is 15.4 Å². The molecule has 0 fully saturated rings. The summed E-state index contributed by atoms with van der Waals surface area (Å²) in [6.45, 7) is 4.52. The number of nitrogens with zero attached hydrogens (tertiary/aromatic N) is 1. The maximum Gasteiger partial charge on any atom is 0.270 e. The number of ether oxygens (including phenoxy) is 1. The lowest BCUT2D eigenvalue weighted by molar-refractivity contribution is -0.384. The van der Waals surface area contributed by atoms with Crippen molar-refractivity contribution in [3.8, 4) is 5.75 Å². The normalized spacial score (nSPS) is 10.4. The summed E-state index contributed by atoms with van der Waals surface area (Å²) >= 11 is 8.41. The van der Waals surface area contributed by atoms with Gasteiger partial charge in [0, 0.05) is 16.6 Å². The number of hydrogen-bond donors (Lipinski definition) is 2. The Morgan fingerprint density at radius 2 is 2.00 bits per heavy atom. The molecule has 2 rings (SSSR count). The zero-order chi connectivity index (χ0) is 20.0. The highest BCUT2D eigenvalue weighted by Gasteiger charge is 2.15.